The number of hydrogen-bond donors (Lipinski definition) is 2. The monoisotopic (exact) mass is 329 g/mol. The fourth-order valence-electron chi connectivity index (χ4n) is 2.33. The maximum absolute atomic E-state index is 9.10. The van der Waals surface area contributed by atoms with Gasteiger partial charge >= 0.3 is 6.01 Å². The average molecular weight is 329 g/mol. The van der Waals surface area contributed by atoms with E-state index in [0.29, 0.717) is 19.1 Å². The Hall–Kier alpha value is -2.44. The van der Waals surface area contributed by atoms with Crippen molar-refractivity contribution < 1.29 is 14.9 Å². The molecule has 2 aromatic rings. The molecule has 0 fully saturated rings. The maximum atomic E-state index is 9.10. The summed E-state index contributed by atoms with van der Waals surface area (Å²) in [6.45, 7) is 2.99. The molecule has 0 saturated carbocycles. The molecule has 1 aromatic carbocycles. The van der Waals surface area contributed by atoms with Crippen molar-refractivity contribution in [3.05, 3.63) is 47.3 Å². The minimum Gasteiger partial charge on any atom is -0.467 e. The number of rotatable bonds is 8. The van der Waals surface area contributed by atoms with E-state index in [1.807, 2.05) is 54.3 Å². The summed E-state index contributed by atoms with van der Waals surface area (Å²) in [5.74, 6) is 0. The van der Waals surface area contributed by atoms with E-state index in [1.165, 1.54) is 0 Å². The topological polar surface area (TPSA) is 78.7 Å². The lowest BCUT2D eigenvalue weighted by Gasteiger charge is -2.22. The molecular formula is C18H23N3O3. The van der Waals surface area contributed by atoms with Crippen LogP contribution in [0.4, 0.5) is 5.69 Å². The molecular weight excluding hydrogens is 306 g/mol. The molecule has 6 nitrogen and oxygen atoms in total. The summed E-state index contributed by atoms with van der Waals surface area (Å²) in [6.07, 6.45) is 3.87. The summed E-state index contributed by atoms with van der Waals surface area (Å²) in [7, 11) is 1.55. The standard InChI is InChI=1S/C18H23N3O3/c1-14-13-16(20-18(19-14)24-2)6-3-15-4-7-17(8-5-15)21(9-11-22)10-12-23/h3-8,13,22-23H,9-12H2,1-2H3/b6-3+. The molecule has 2 N–H and O–H groups in total. The third kappa shape index (κ3) is 5.04. The van der Waals surface area contributed by atoms with Gasteiger partial charge in [0, 0.05) is 24.5 Å². The number of ether oxygens (including phenoxy) is 1. The third-order valence-electron chi connectivity index (χ3n) is 3.48. The molecule has 0 saturated heterocycles. The molecule has 0 amide bonds. The molecule has 24 heavy (non-hydrogen) atoms. The summed E-state index contributed by atoms with van der Waals surface area (Å²) >= 11 is 0. The van der Waals surface area contributed by atoms with Gasteiger partial charge < -0.3 is 19.8 Å². The number of methoxy groups -OCH3 is 1. The number of aryl methyl sites for hydroxylation is 1. The molecule has 1 heterocycles. The Labute approximate surface area is 142 Å². The van der Waals surface area contributed by atoms with Crippen LogP contribution in [-0.4, -0.2) is 53.6 Å². The minimum absolute atomic E-state index is 0.0521. The van der Waals surface area contributed by atoms with Gasteiger partial charge in [-0.15, -0.1) is 0 Å². The van der Waals surface area contributed by atoms with Crippen LogP contribution in [0.25, 0.3) is 12.2 Å². The molecule has 0 radical (unpaired) electrons. The van der Waals surface area contributed by atoms with Gasteiger partial charge in [-0.2, -0.15) is 4.98 Å². The molecule has 6 heteroatoms. The van der Waals surface area contributed by atoms with Gasteiger partial charge in [0.1, 0.15) is 0 Å². The van der Waals surface area contributed by atoms with Gasteiger partial charge in [0.25, 0.3) is 0 Å². The highest BCUT2D eigenvalue weighted by molar-refractivity contribution is 5.69. The molecule has 0 bridgehead atoms. The lowest BCUT2D eigenvalue weighted by Crippen LogP contribution is -2.29. The zero-order valence-electron chi connectivity index (χ0n) is 14.0. The first-order valence-corrected chi connectivity index (χ1v) is 7.80. The number of anilines is 1. The third-order valence-corrected chi connectivity index (χ3v) is 3.48. The Kier molecular flexibility index (Phi) is 6.72. The number of hydrogen-bond acceptors (Lipinski definition) is 6. The molecule has 0 unspecified atom stereocenters. The first-order chi connectivity index (χ1) is 11.7. The second-order valence-electron chi connectivity index (χ2n) is 5.28. The van der Waals surface area contributed by atoms with Crippen LogP contribution >= 0.6 is 0 Å². The predicted molar refractivity (Wildman–Crippen MR) is 95.1 cm³/mol. The summed E-state index contributed by atoms with van der Waals surface area (Å²) in [6, 6.07) is 10.1. The van der Waals surface area contributed by atoms with Crippen molar-refractivity contribution in [1.82, 2.24) is 9.97 Å². The smallest absolute Gasteiger partial charge is 0.316 e. The van der Waals surface area contributed by atoms with E-state index in [4.69, 9.17) is 14.9 Å². The SMILES string of the molecule is COc1nc(C)cc(/C=C/c2ccc(N(CCO)CCO)cc2)n1. The van der Waals surface area contributed by atoms with Gasteiger partial charge in [-0.25, -0.2) is 4.98 Å². The first-order valence-electron chi connectivity index (χ1n) is 7.80. The minimum atomic E-state index is 0.0521. The Bertz CT molecular complexity index is 666. The first kappa shape index (κ1) is 17.9. The number of aliphatic hydroxyl groups excluding tert-OH is 2. The van der Waals surface area contributed by atoms with Gasteiger partial charge in [-0.1, -0.05) is 18.2 Å². The molecule has 0 atom stereocenters. The van der Waals surface area contributed by atoms with Crippen molar-refractivity contribution >= 4 is 17.8 Å². The van der Waals surface area contributed by atoms with Gasteiger partial charge in [0.15, 0.2) is 0 Å². The summed E-state index contributed by atoms with van der Waals surface area (Å²) in [5, 5.41) is 18.2. The summed E-state index contributed by atoms with van der Waals surface area (Å²) in [5.41, 5.74) is 3.63. The molecule has 0 aliphatic heterocycles. The van der Waals surface area contributed by atoms with Crippen LogP contribution in [0.5, 0.6) is 6.01 Å². The summed E-state index contributed by atoms with van der Waals surface area (Å²) in [4.78, 5) is 10.4. The van der Waals surface area contributed by atoms with E-state index in [9.17, 15) is 0 Å². The van der Waals surface area contributed by atoms with Crippen molar-refractivity contribution in [2.24, 2.45) is 0 Å². The van der Waals surface area contributed by atoms with Crippen LogP contribution in [0.1, 0.15) is 17.0 Å². The van der Waals surface area contributed by atoms with Crippen LogP contribution in [0.3, 0.4) is 0 Å². The van der Waals surface area contributed by atoms with Gasteiger partial charge in [-0.05, 0) is 36.8 Å². The van der Waals surface area contributed by atoms with E-state index >= 15 is 0 Å². The zero-order chi connectivity index (χ0) is 17.4. The van der Waals surface area contributed by atoms with E-state index in [0.717, 1.165) is 22.6 Å². The highest BCUT2D eigenvalue weighted by Gasteiger charge is 2.04. The maximum Gasteiger partial charge on any atom is 0.316 e. The van der Waals surface area contributed by atoms with E-state index in [1.54, 1.807) is 7.11 Å². The molecule has 1 aromatic heterocycles. The lowest BCUT2D eigenvalue weighted by atomic mass is 10.1. The van der Waals surface area contributed by atoms with Crippen molar-refractivity contribution in [1.29, 1.82) is 0 Å². The molecule has 0 spiro atoms. The Morgan fingerprint density at radius 2 is 1.71 bits per heavy atom. The van der Waals surface area contributed by atoms with Gasteiger partial charge in [-0.3, -0.25) is 0 Å². The van der Waals surface area contributed by atoms with Crippen LogP contribution in [0.15, 0.2) is 30.3 Å². The zero-order valence-corrected chi connectivity index (χ0v) is 14.0. The fourth-order valence-corrected chi connectivity index (χ4v) is 2.33. The van der Waals surface area contributed by atoms with Crippen molar-refractivity contribution in [3.63, 3.8) is 0 Å². The number of benzene rings is 1. The van der Waals surface area contributed by atoms with E-state index < -0.39 is 0 Å². The quantitative estimate of drug-likeness (QED) is 0.768. The predicted octanol–water partition coefficient (Wildman–Crippen LogP) is 1.76. The summed E-state index contributed by atoms with van der Waals surface area (Å²) < 4.78 is 5.07. The molecule has 0 aliphatic rings. The second-order valence-corrected chi connectivity index (χ2v) is 5.28. The normalized spacial score (nSPS) is 11.0. The Morgan fingerprint density at radius 3 is 2.29 bits per heavy atom. The molecule has 128 valence electrons. The van der Waals surface area contributed by atoms with Crippen LogP contribution in [0.2, 0.25) is 0 Å². The van der Waals surface area contributed by atoms with E-state index in [-0.39, 0.29) is 13.2 Å². The largest absolute Gasteiger partial charge is 0.467 e. The van der Waals surface area contributed by atoms with Crippen molar-refractivity contribution in [2.75, 3.05) is 38.3 Å². The highest BCUT2D eigenvalue weighted by Crippen LogP contribution is 2.17. The van der Waals surface area contributed by atoms with Crippen molar-refractivity contribution in [2.45, 2.75) is 6.92 Å². The number of aromatic nitrogens is 2. The van der Waals surface area contributed by atoms with Crippen LogP contribution < -0.4 is 9.64 Å². The lowest BCUT2D eigenvalue weighted by molar-refractivity contribution is 0.281. The highest BCUT2D eigenvalue weighted by atomic mass is 16.5. The Morgan fingerprint density at radius 1 is 1.04 bits per heavy atom. The molecule has 0 aliphatic carbocycles. The second kappa shape index (κ2) is 9.00. The van der Waals surface area contributed by atoms with Crippen molar-refractivity contribution in [3.8, 4) is 6.01 Å². The van der Waals surface area contributed by atoms with Gasteiger partial charge in [0.2, 0.25) is 0 Å². The van der Waals surface area contributed by atoms with Crippen LogP contribution in [-0.2, 0) is 0 Å². The number of nitrogens with zero attached hydrogens (tertiary/aromatic N) is 3. The fraction of sp³-hybridized carbons (Fsp3) is 0.333. The number of aliphatic hydroxyl groups is 2. The molecule has 2 rings (SSSR count). The van der Waals surface area contributed by atoms with Crippen LogP contribution in [0, 0.1) is 6.92 Å². The van der Waals surface area contributed by atoms with E-state index in [2.05, 4.69) is 9.97 Å². The van der Waals surface area contributed by atoms with Gasteiger partial charge in [0.05, 0.1) is 26.0 Å². The Balaban J connectivity index is 2.12. The average Bonchev–Trinajstić information content (AvgIpc) is 2.60.